The van der Waals surface area contributed by atoms with Crippen LogP contribution in [0, 0.1) is 0 Å². The van der Waals surface area contributed by atoms with Crippen molar-refractivity contribution in [3.8, 4) is 5.75 Å². The van der Waals surface area contributed by atoms with Crippen LogP contribution in [0.25, 0.3) is 0 Å². The van der Waals surface area contributed by atoms with E-state index in [0.29, 0.717) is 11.3 Å². The van der Waals surface area contributed by atoms with E-state index in [4.69, 9.17) is 17.0 Å². The molecule has 2 aromatic rings. The molecule has 0 fully saturated rings. The lowest BCUT2D eigenvalue weighted by molar-refractivity contribution is -0.137. The normalized spacial score (nSPS) is 11.1. The van der Waals surface area contributed by atoms with Crippen molar-refractivity contribution in [2.75, 3.05) is 0 Å². The number of alkyl halides is 3. The Labute approximate surface area is 113 Å². The number of benzene rings is 2. The molecule has 0 atom stereocenters. The van der Waals surface area contributed by atoms with Crippen molar-refractivity contribution in [3.05, 3.63) is 65.7 Å². The highest BCUT2D eigenvalue weighted by molar-refractivity contribution is 7.80. The minimum Gasteiger partial charge on any atom is -0.445 e. The first-order chi connectivity index (χ1) is 8.97. The molecule has 0 saturated carbocycles. The molecule has 98 valence electrons. The lowest BCUT2D eigenvalue weighted by atomic mass is 10.1. The van der Waals surface area contributed by atoms with Crippen molar-refractivity contribution in [3.63, 3.8) is 0 Å². The quantitative estimate of drug-likeness (QED) is 0.752. The Morgan fingerprint density at radius 1 is 0.895 bits per heavy atom. The number of hydrogen-bond donors (Lipinski definition) is 0. The van der Waals surface area contributed by atoms with E-state index >= 15 is 0 Å². The molecule has 1 nitrogen and oxygen atoms in total. The average molecular weight is 282 g/mol. The third-order valence-electron chi connectivity index (χ3n) is 2.40. The predicted octanol–water partition coefficient (Wildman–Crippen LogP) is 4.46. The van der Waals surface area contributed by atoms with Crippen LogP contribution >= 0.6 is 12.2 Å². The van der Waals surface area contributed by atoms with Gasteiger partial charge in [-0.05, 0) is 48.6 Å². The third kappa shape index (κ3) is 3.54. The summed E-state index contributed by atoms with van der Waals surface area (Å²) in [5.41, 5.74) is -0.273. The van der Waals surface area contributed by atoms with Crippen molar-refractivity contribution >= 4 is 17.3 Å². The van der Waals surface area contributed by atoms with Crippen molar-refractivity contribution in [2.24, 2.45) is 0 Å². The van der Waals surface area contributed by atoms with Gasteiger partial charge in [0, 0.05) is 5.56 Å². The van der Waals surface area contributed by atoms with Gasteiger partial charge in [0.2, 0.25) is 0 Å². The molecule has 0 aliphatic heterocycles. The molecule has 2 aromatic carbocycles. The van der Waals surface area contributed by atoms with Gasteiger partial charge in [0.05, 0.1) is 5.56 Å². The zero-order valence-electron chi connectivity index (χ0n) is 9.65. The van der Waals surface area contributed by atoms with Crippen LogP contribution in [0.5, 0.6) is 5.75 Å². The summed E-state index contributed by atoms with van der Waals surface area (Å²) in [4.78, 5) is 0. The molecule has 5 heteroatoms. The molecule has 0 heterocycles. The van der Waals surface area contributed by atoms with Gasteiger partial charge in [0.15, 0.2) is 5.05 Å². The second kappa shape index (κ2) is 5.40. The van der Waals surface area contributed by atoms with Gasteiger partial charge in [-0.15, -0.1) is 0 Å². The maximum Gasteiger partial charge on any atom is 0.416 e. The highest BCUT2D eigenvalue weighted by Crippen LogP contribution is 2.29. The fraction of sp³-hybridized carbons (Fsp3) is 0.0714. The minimum absolute atomic E-state index is 0.139. The SMILES string of the molecule is FC(F)(F)c1ccc(C(=S)Oc2ccccc2)cc1. The van der Waals surface area contributed by atoms with Gasteiger partial charge in [-0.1, -0.05) is 18.2 Å². The maximum atomic E-state index is 12.4. The van der Waals surface area contributed by atoms with E-state index < -0.39 is 11.7 Å². The fourth-order valence-electron chi connectivity index (χ4n) is 1.45. The number of para-hydroxylation sites is 1. The molecule has 2 rings (SSSR count). The van der Waals surface area contributed by atoms with E-state index in [1.54, 1.807) is 24.3 Å². The Kier molecular flexibility index (Phi) is 3.85. The highest BCUT2D eigenvalue weighted by atomic mass is 32.1. The molecule has 0 amide bonds. The summed E-state index contributed by atoms with van der Waals surface area (Å²) in [6.07, 6.45) is -4.35. The van der Waals surface area contributed by atoms with E-state index in [9.17, 15) is 13.2 Å². The van der Waals surface area contributed by atoms with Crippen LogP contribution in [0.4, 0.5) is 13.2 Å². The number of thiocarbonyl (C=S) groups is 1. The molecule has 0 aliphatic rings. The van der Waals surface area contributed by atoms with E-state index in [1.165, 1.54) is 12.1 Å². The summed E-state index contributed by atoms with van der Waals surface area (Å²) in [7, 11) is 0. The summed E-state index contributed by atoms with van der Waals surface area (Å²) in [6, 6.07) is 13.4. The summed E-state index contributed by atoms with van der Waals surface area (Å²) in [5, 5.41) is 0.139. The van der Waals surface area contributed by atoms with Crippen LogP contribution < -0.4 is 4.74 Å². The Balaban J connectivity index is 2.12. The Morgan fingerprint density at radius 2 is 1.47 bits per heavy atom. The molecule has 0 bridgehead atoms. The van der Waals surface area contributed by atoms with Crippen LogP contribution in [0.1, 0.15) is 11.1 Å². The Hall–Kier alpha value is -1.88. The van der Waals surface area contributed by atoms with E-state index in [-0.39, 0.29) is 5.05 Å². The van der Waals surface area contributed by atoms with Gasteiger partial charge in [0.1, 0.15) is 5.75 Å². The first kappa shape index (κ1) is 13.5. The van der Waals surface area contributed by atoms with Crippen LogP contribution in [-0.2, 0) is 6.18 Å². The van der Waals surface area contributed by atoms with E-state index in [2.05, 4.69) is 0 Å². The van der Waals surface area contributed by atoms with Gasteiger partial charge in [-0.25, -0.2) is 0 Å². The monoisotopic (exact) mass is 282 g/mol. The van der Waals surface area contributed by atoms with E-state index in [1.807, 2.05) is 6.07 Å². The number of ether oxygens (including phenoxy) is 1. The van der Waals surface area contributed by atoms with E-state index in [0.717, 1.165) is 12.1 Å². The van der Waals surface area contributed by atoms with Crippen molar-refractivity contribution in [1.29, 1.82) is 0 Å². The molecule has 0 aliphatic carbocycles. The van der Waals surface area contributed by atoms with Crippen LogP contribution in [0.3, 0.4) is 0 Å². The molecular formula is C14H9F3OS. The number of rotatable bonds is 2. The standard InChI is InChI=1S/C14H9F3OS/c15-14(16,17)11-8-6-10(7-9-11)13(19)18-12-4-2-1-3-5-12/h1-9H. The van der Waals surface area contributed by atoms with Crippen LogP contribution in [0.2, 0.25) is 0 Å². The van der Waals surface area contributed by atoms with Gasteiger partial charge in [0.25, 0.3) is 0 Å². The van der Waals surface area contributed by atoms with Gasteiger partial charge >= 0.3 is 6.18 Å². The molecule has 0 spiro atoms. The highest BCUT2D eigenvalue weighted by Gasteiger charge is 2.30. The maximum absolute atomic E-state index is 12.4. The van der Waals surface area contributed by atoms with Gasteiger partial charge in [-0.3, -0.25) is 0 Å². The molecule has 19 heavy (non-hydrogen) atoms. The second-order valence-electron chi connectivity index (χ2n) is 3.78. The number of halogens is 3. The summed E-state index contributed by atoms with van der Waals surface area (Å²) >= 11 is 5.04. The van der Waals surface area contributed by atoms with Gasteiger partial charge < -0.3 is 4.74 Å². The lowest BCUT2D eigenvalue weighted by Gasteiger charge is -2.09. The number of hydrogen-bond acceptors (Lipinski definition) is 2. The average Bonchev–Trinajstić information content (AvgIpc) is 2.39. The van der Waals surface area contributed by atoms with Crippen molar-refractivity contribution in [2.45, 2.75) is 6.18 Å². The van der Waals surface area contributed by atoms with Crippen molar-refractivity contribution < 1.29 is 17.9 Å². The zero-order chi connectivity index (χ0) is 13.9. The smallest absolute Gasteiger partial charge is 0.416 e. The largest absolute Gasteiger partial charge is 0.445 e. The zero-order valence-corrected chi connectivity index (χ0v) is 10.5. The minimum atomic E-state index is -4.35. The molecule has 0 radical (unpaired) electrons. The Bertz CT molecular complexity index is 561. The second-order valence-corrected chi connectivity index (χ2v) is 4.15. The lowest BCUT2D eigenvalue weighted by Crippen LogP contribution is -2.09. The topological polar surface area (TPSA) is 9.23 Å². The molecule has 0 saturated heterocycles. The molecule has 0 aromatic heterocycles. The Morgan fingerprint density at radius 3 is 2.00 bits per heavy atom. The summed E-state index contributed by atoms with van der Waals surface area (Å²) in [5.74, 6) is 0.549. The molecule has 0 unspecified atom stereocenters. The predicted molar refractivity (Wildman–Crippen MR) is 70.2 cm³/mol. The first-order valence-electron chi connectivity index (χ1n) is 5.41. The van der Waals surface area contributed by atoms with Gasteiger partial charge in [-0.2, -0.15) is 13.2 Å². The molecule has 0 N–H and O–H groups in total. The van der Waals surface area contributed by atoms with Crippen LogP contribution in [0.15, 0.2) is 54.6 Å². The summed E-state index contributed by atoms with van der Waals surface area (Å²) in [6.45, 7) is 0. The third-order valence-corrected chi connectivity index (χ3v) is 2.72. The first-order valence-corrected chi connectivity index (χ1v) is 5.82. The molecular weight excluding hydrogens is 273 g/mol. The summed E-state index contributed by atoms with van der Waals surface area (Å²) < 4.78 is 42.6. The van der Waals surface area contributed by atoms with Crippen molar-refractivity contribution in [1.82, 2.24) is 0 Å². The van der Waals surface area contributed by atoms with Crippen LogP contribution in [-0.4, -0.2) is 5.05 Å². The fourth-order valence-corrected chi connectivity index (χ4v) is 1.68.